The van der Waals surface area contributed by atoms with Gasteiger partial charge in [0.15, 0.2) is 18.2 Å². The van der Waals surface area contributed by atoms with Crippen LogP contribution >= 0.6 is 0 Å². The minimum absolute atomic E-state index is 0.184. The fourth-order valence-electron chi connectivity index (χ4n) is 8.68. The molecule has 2 aliphatic rings. The zero-order chi connectivity index (χ0) is 49.7. The molecule has 1 amide bonds. The minimum atomic E-state index is -5.18. The summed E-state index contributed by atoms with van der Waals surface area (Å²) in [6.07, 6.45) is 24.1. The van der Waals surface area contributed by atoms with E-state index in [1.54, 1.807) is 36.4 Å². The van der Waals surface area contributed by atoms with Crippen LogP contribution in [-0.2, 0) is 57.6 Å². The predicted molar refractivity (Wildman–Crippen MR) is 260 cm³/mol. The number of benzene rings is 1. The zero-order valence-corrected chi connectivity index (χ0v) is 43.0. The highest BCUT2D eigenvalue weighted by molar-refractivity contribution is 7.81. The third-order valence-corrected chi connectivity index (χ3v) is 13.2. The van der Waals surface area contributed by atoms with Crippen molar-refractivity contribution in [1.29, 1.82) is 0 Å². The molecule has 3 N–H and O–H groups in total. The average Bonchev–Trinajstić information content (AvgIpc) is 3.62. The maximum atomic E-state index is 13.7. The number of amides is 1. The Balaban J connectivity index is 1.77. The number of nitrogens with one attached hydrogen (secondary N) is 1. The summed E-state index contributed by atoms with van der Waals surface area (Å²) in [4.78, 5) is 27.3. The monoisotopic (exact) mass is 1000 g/mol. The van der Waals surface area contributed by atoms with E-state index in [-0.39, 0.29) is 17.9 Å². The van der Waals surface area contributed by atoms with Crippen molar-refractivity contribution in [3.05, 3.63) is 48.0 Å². The van der Waals surface area contributed by atoms with Gasteiger partial charge in [-0.1, -0.05) is 179 Å². The van der Waals surface area contributed by atoms with Crippen LogP contribution in [0, 0.1) is 0 Å². The lowest BCUT2D eigenvalue weighted by molar-refractivity contribution is -0.277. The lowest BCUT2D eigenvalue weighted by atomic mass is 9.99. The van der Waals surface area contributed by atoms with Gasteiger partial charge in [0.2, 0.25) is 5.91 Å². The number of unbranched alkanes of at least 4 members (excludes halogenated alkanes) is 23. The number of rotatable bonds is 39. The van der Waals surface area contributed by atoms with Crippen molar-refractivity contribution in [3.63, 3.8) is 0 Å². The first kappa shape index (κ1) is 59.8. The maximum absolute atomic E-state index is 13.7. The number of hydrogen-bond donors (Lipinski definition) is 3. The van der Waals surface area contributed by atoms with Crippen molar-refractivity contribution in [2.45, 2.75) is 243 Å². The van der Waals surface area contributed by atoms with E-state index in [2.05, 4.69) is 23.3 Å². The van der Waals surface area contributed by atoms with Crippen molar-refractivity contribution in [1.82, 2.24) is 5.32 Å². The molecule has 2 saturated heterocycles. The zero-order valence-electron chi connectivity index (χ0n) is 41.4. The van der Waals surface area contributed by atoms with Gasteiger partial charge in [-0.2, -0.15) is 16.8 Å². The summed E-state index contributed by atoms with van der Waals surface area (Å²) in [7, 11) is -10.1. The Morgan fingerprint density at radius 2 is 1.21 bits per heavy atom. The molecule has 0 aromatic heterocycles. The molecule has 2 heterocycles. The molecule has 0 saturated carbocycles. The van der Waals surface area contributed by atoms with Crippen LogP contribution in [0.3, 0.4) is 0 Å². The van der Waals surface area contributed by atoms with E-state index in [4.69, 9.17) is 27.9 Å². The summed E-state index contributed by atoms with van der Waals surface area (Å²) in [5, 5.41) is 2.98. The summed E-state index contributed by atoms with van der Waals surface area (Å²) in [5.41, 5.74) is 0.278. The average molecular weight is 1000 g/mol. The summed E-state index contributed by atoms with van der Waals surface area (Å²) in [5.74, 6) is -2.36. The fraction of sp³-hybridized carbons (Fsp3) is 0.800. The molecule has 0 unspecified atom stereocenters. The second kappa shape index (κ2) is 33.2. The first-order valence-corrected chi connectivity index (χ1v) is 28.4. The van der Waals surface area contributed by atoms with Crippen molar-refractivity contribution in [2.24, 2.45) is 0 Å². The molecule has 392 valence electrons. The molecule has 0 aliphatic carbocycles. The quantitative estimate of drug-likeness (QED) is 0.0242. The smallest absolute Gasteiger partial charge is 0.397 e. The number of carbonyl (C=O) groups excluding carboxylic acids is 2. The number of esters is 1. The van der Waals surface area contributed by atoms with Gasteiger partial charge in [0, 0.05) is 6.42 Å². The highest BCUT2D eigenvalue weighted by atomic mass is 32.3. The molecule has 2 fully saturated rings. The summed E-state index contributed by atoms with van der Waals surface area (Å²) in [6.45, 7) is 6.23. The molecule has 1 aromatic rings. The van der Waals surface area contributed by atoms with Gasteiger partial charge in [-0.15, -0.1) is 0 Å². The van der Waals surface area contributed by atoms with Crippen LogP contribution in [0.4, 0.5) is 0 Å². The normalized spacial score (nSPS) is 21.4. The molecule has 2 aliphatic heterocycles. The second-order valence-electron chi connectivity index (χ2n) is 18.8. The Hall–Kier alpha value is -2.52. The van der Waals surface area contributed by atoms with Gasteiger partial charge in [0.05, 0.1) is 24.8 Å². The van der Waals surface area contributed by atoms with Gasteiger partial charge < -0.3 is 29.0 Å². The SMILES string of the molecule is CCCCCCCCCCCCC/C=C/[C@@H](OC(=O)c1ccccc1)[C@H](CO[C@H]1O[C@H](COS(=O)(=O)O)[C@@H]2OC(C)(C)O[C@@H]2[C@H]1OS(=O)(=O)O)NC(=O)CCCCCCCCCCCCCCC. The number of fused-ring (bicyclic) bond motifs is 1. The number of hydrogen-bond acceptors (Lipinski definition) is 13. The first-order valence-electron chi connectivity index (χ1n) is 25.6. The molecule has 68 heavy (non-hydrogen) atoms. The topological polar surface area (TPSA) is 220 Å². The van der Waals surface area contributed by atoms with Crippen LogP contribution in [0.15, 0.2) is 42.5 Å². The fourth-order valence-corrected chi connectivity index (χ4v) is 9.47. The van der Waals surface area contributed by atoms with Gasteiger partial charge in [-0.05, 0) is 51.3 Å². The Labute approximate surface area is 408 Å². The van der Waals surface area contributed by atoms with Crippen molar-refractivity contribution in [2.75, 3.05) is 13.2 Å². The van der Waals surface area contributed by atoms with Crippen LogP contribution in [-0.4, -0.2) is 99.7 Å². The lowest BCUT2D eigenvalue weighted by Crippen LogP contribution is -2.60. The maximum Gasteiger partial charge on any atom is 0.397 e. The third-order valence-electron chi connectivity index (χ3n) is 12.3. The summed E-state index contributed by atoms with van der Waals surface area (Å²) >= 11 is 0. The minimum Gasteiger partial charge on any atom is -0.452 e. The van der Waals surface area contributed by atoms with Crippen LogP contribution < -0.4 is 5.32 Å². The Kier molecular flexibility index (Phi) is 29.2. The predicted octanol–water partition coefficient (Wildman–Crippen LogP) is 10.7. The van der Waals surface area contributed by atoms with Gasteiger partial charge in [0.1, 0.15) is 24.4 Å². The van der Waals surface area contributed by atoms with E-state index in [0.717, 1.165) is 44.9 Å². The lowest BCUT2D eigenvalue weighted by Gasteiger charge is -2.41. The molecule has 16 nitrogen and oxygen atoms in total. The van der Waals surface area contributed by atoms with E-state index in [9.17, 15) is 35.5 Å². The summed E-state index contributed by atoms with van der Waals surface area (Å²) < 4.78 is 107. The second-order valence-corrected chi connectivity index (χ2v) is 20.9. The molecular weight excluding hydrogens is 919 g/mol. The van der Waals surface area contributed by atoms with Crippen LogP contribution in [0.5, 0.6) is 0 Å². The van der Waals surface area contributed by atoms with Gasteiger partial charge >= 0.3 is 26.8 Å². The van der Waals surface area contributed by atoms with E-state index in [1.807, 2.05) is 6.08 Å². The molecule has 0 spiro atoms. The first-order chi connectivity index (χ1) is 32.5. The van der Waals surface area contributed by atoms with Crippen LogP contribution in [0.1, 0.15) is 205 Å². The highest BCUT2D eigenvalue weighted by Crippen LogP contribution is 2.40. The Morgan fingerprint density at radius 1 is 0.706 bits per heavy atom. The molecular formula is C50H85NO15S2. The van der Waals surface area contributed by atoms with E-state index in [0.29, 0.717) is 12.8 Å². The molecule has 0 radical (unpaired) electrons. The van der Waals surface area contributed by atoms with Crippen molar-refractivity contribution >= 4 is 32.7 Å². The van der Waals surface area contributed by atoms with Gasteiger partial charge in [-0.25, -0.2) is 13.2 Å². The molecule has 3 rings (SSSR count). The highest BCUT2D eigenvalue weighted by Gasteiger charge is 2.58. The largest absolute Gasteiger partial charge is 0.452 e. The molecule has 1 aromatic carbocycles. The van der Waals surface area contributed by atoms with Crippen molar-refractivity contribution < 1.29 is 67.6 Å². The standard InChI is InChI=1S/C50H85NO15S2/c1-5-7-9-11-13-15-17-19-21-23-25-27-32-36-42(62-48(53)40-34-30-29-31-35-40)41(51-44(52)37-33-28-26-24-22-20-18-16-14-12-10-8-6-2)38-60-49-47(66-68(57,58)59)46-45(64-50(3,4)65-46)43(63-49)39-61-67(54,55)56/h29-32,34-36,41-43,45-47,49H,5-28,33,37-39H2,1-4H3,(H,51,52)(H,54,55,56)(H,57,58,59)/b36-32+/t41-,42+,43+,45-,46-,47+,49-/m0/s1. The Bertz CT molecular complexity index is 1780. The number of carbonyl (C=O) groups is 2. The molecule has 18 heteroatoms. The van der Waals surface area contributed by atoms with Crippen LogP contribution in [0.25, 0.3) is 0 Å². The third kappa shape index (κ3) is 26.1. The van der Waals surface area contributed by atoms with E-state index in [1.165, 1.54) is 117 Å². The van der Waals surface area contributed by atoms with E-state index < -0.39 is 88.6 Å². The number of ether oxygens (including phenoxy) is 5. The summed E-state index contributed by atoms with van der Waals surface area (Å²) in [6, 6.07) is 7.32. The van der Waals surface area contributed by atoms with E-state index >= 15 is 0 Å². The molecule has 0 bridgehead atoms. The van der Waals surface area contributed by atoms with Gasteiger partial charge in [-0.3, -0.25) is 13.9 Å². The molecule has 7 atom stereocenters. The Morgan fingerprint density at radius 3 is 1.72 bits per heavy atom. The van der Waals surface area contributed by atoms with Crippen molar-refractivity contribution in [3.8, 4) is 0 Å². The van der Waals surface area contributed by atoms with Crippen LogP contribution in [0.2, 0.25) is 0 Å². The van der Waals surface area contributed by atoms with Gasteiger partial charge in [0.25, 0.3) is 0 Å². The number of allylic oxidation sites excluding steroid dienone is 1.